The summed E-state index contributed by atoms with van der Waals surface area (Å²) in [4.78, 5) is 27.1. The number of esters is 1. The van der Waals surface area contributed by atoms with Crippen LogP contribution in [-0.2, 0) is 18.6 Å². The smallest absolute Gasteiger partial charge is 0.461 e. The summed E-state index contributed by atoms with van der Waals surface area (Å²) < 4.78 is 18.8. The van der Waals surface area contributed by atoms with E-state index in [1.54, 1.807) is 0 Å². The molecule has 0 aliphatic rings. The molecule has 0 aromatic heterocycles. The van der Waals surface area contributed by atoms with Crippen LogP contribution in [0.1, 0.15) is 0 Å². The van der Waals surface area contributed by atoms with Crippen LogP contribution in [0.15, 0.2) is 12.7 Å². The molecule has 0 saturated heterocycles. The van der Waals surface area contributed by atoms with Gasteiger partial charge in [-0.05, 0) is 0 Å². The topological polar surface area (TPSA) is 93.1 Å². The Morgan fingerprint density at radius 1 is 1.57 bits per heavy atom. The summed E-state index contributed by atoms with van der Waals surface area (Å²) in [6, 6.07) is 0. The average Bonchev–Trinajstić information content (AvgIpc) is 2.09. The van der Waals surface area contributed by atoms with Gasteiger partial charge in [-0.3, -0.25) is 4.52 Å². The zero-order chi connectivity index (χ0) is 11.2. The van der Waals surface area contributed by atoms with Crippen molar-refractivity contribution in [3.63, 3.8) is 0 Å². The van der Waals surface area contributed by atoms with Crippen LogP contribution in [0.5, 0.6) is 0 Å². The van der Waals surface area contributed by atoms with E-state index in [1.165, 1.54) is 0 Å². The fourth-order valence-corrected chi connectivity index (χ4v) is 1.05. The summed E-state index contributed by atoms with van der Waals surface area (Å²) in [6.07, 6.45) is 0.952. The first-order valence-corrected chi connectivity index (χ1v) is 5.45. The number of halogens is 1. The SMILES string of the molecule is C=CC(=O)OCC(Cl)COP(=O)(O)O. The van der Waals surface area contributed by atoms with Gasteiger partial charge in [-0.2, -0.15) is 0 Å². The number of phosphoric ester groups is 1. The highest BCUT2D eigenvalue weighted by Gasteiger charge is 2.17. The van der Waals surface area contributed by atoms with Crippen molar-refractivity contribution in [3.05, 3.63) is 12.7 Å². The Kier molecular flexibility index (Phi) is 5.99. The summed E-state index contributed by atoms with van der Waals surface area (Å²) in [6.45, 7) is 2.54. The molecule has 14 heavy (non-hydrogen) atoms. The fraction of sp³-hybridized carbons (Fsp3) is 0.500. The van der Waals surface area contributed by atoms with Crippen molar-refractivity contribution < 1.29 is 28.4 Å². The number of ether oxygens (including phenoxy) is 1. The molecule has 2 N–H and O–H groups in total. The lowest BCUT2D eigenvalue weighted by Crippen LogP contribution is -2.17. The maximum absolute atomic E-state index is 10.5. The van der Waals surface area contributed by atoms with Crippen molar-refractivity contribution in [1.29, 1.82) is 0 Å². The lowest BCUT2D eigenvalue weighted by Gasteiger charge is -2.10. The maximum atomic E-state index is 10.5. The zero-order valence-electron chi connectivity index (χ0n) is 7.13. The Labute approximate surface area is 85.7 Å². The molecule has 0 fully saturated rings. The molecule has 1 unspecified atom stereocenters. The number of hydrogen-bond acceptors (Lipinski definition) is 4. The van der Waals surface area contributed by atoms with Gasteiger partial charge in [0.15, 0.2) is 0 Å². The van der Waals surface area contributed by atoms with Gasteiger partial charge in [-0.25, -0.2) is 9.36 Å². The molecule has 0 amide bonds. The fourth-order valence-electron chi connectivity index (χ4n) is 0.458. The summed E-state index contributed by atoms with van der Waals surface area (Å²) >= 11 is 5.51. The Hall–Kier alpha value is -0.390. The van der Waals surface area contributed by atoms with E-state index in [9.17, 15) is 9.36 Å². The second-order valence-electron chi connectivity index (χ2n) is 2.22. The Balaban J connectivity index is 3.66. The van der Waals surface area contributed by atoms with Gasteiger partial charge in [-0.15, -0.1) is 11.6 Å². The Bertz CT molecular complexity index is 249. The summed E-state index contributed by atoms with van der Waals surface area (Å²) in [5.41, 5.74) is 0. The number of alkyl halides is 1. The van der Waals surface area contributed by atoms with E-state index >= 15 is 0 Å². The second-order valence-corrected chi connectivity index (χ2v) is 4.07. The van der Waals surface area contributed by atoms with Gasteiger partial charge in [0.2, 0.25) is 0 Å². The normalized spacial score (nSPS) is 13.4. The molecule has 0 radical (unpaired) electrons. The van der Waals surface area contributed by atoms with Crippen molar-refractivity contribution in [2.45, 2.75) is 5.38 Å². The first-order chi connectivity index (χ1) is 6.35. The molecule has 0 heterocycles. The number of carbonyl (C=O) groups excluding carboxylic acids is 1. The third-order valence-corrected chi connectivity index (χ3v) is 1.73. The molecular weight excluding hydrogens is 234 g/mol. The van der Waals surface area contributed by atoms with Crippen molar-refractivity contribution in [2.75, 3.05) is 13.2 Å². The standard InChI is InChI=1S/C6H10ClO6P/c1-2-6(8)12-3-5(7)4-13-14(9,10)11/h2,5H,1,3-4H2,(H2,9,10,11). The first kappa shape index (κ1) is 13.6. The summed E-state index contributed by atoms with van der Waals surface area (Å²) in [7, 11) is -4.52. The molecule has 0 spiro atoms. The number of carbonyl (C=O) groups is 1. The first-order valence-electron chi connectivity index (χ1n) is 3.48. The molecule has 0 rings (SSSR count). The maximum Gasteiger partial charge on any atom is 0.469 e. The zero-order valence-corrected chi connectivity index (χ0v) is 8.78. The van der Waals surface area contributed by atoms with E-state index in [0.717, 1.165) is 6.08 Å². The van der Waals surface area contributed by atoms with E-state index in [1.807, 2.05) is 0 Å². The van der Waals surface area contributed by atoms with Gasteiger partial charge in [0.1, 0.15) is 6.61 Å². The Morgan fingerprint density at radius 2 is 2.14 bits per heavy atom. The quantitative estimate of drug-likeness (QED) is 0.305. The van der Waals surface area contributed by atoms with E-state index in [2.05, 4.69) is 15.8 Å². The number of phosphoric acid groups is 1. The molecule has 6 nitrogen and oxygen atoms in total. The molecule has 0 bridgehead atoms. The van der Waals surface area contributed by atoms with E-state index < -0.39 is 25.8 Å². The van der Waals surface area contributed by atoms with Crippen LogP contribution in [0.4, 0.5) is 0 Å². The van der Waals surface area contributed by atoms with E-state index in [-0.39, 0.29) is 6.61 Å². The van der Waals surface area contributed by atoms with E-state index in [0.29, 0.717) is 0 Å². The van der Waals surface area contributed by atoms with Gasteiger partial charge in [0, 0.05) is 6.08 Å². The van der Waals surface area contributed by atoms with Crippen LogP contribution < -0.4 is 0 Å². The van der Waals surface area contributed by atoms with Crippen molar-refractivity contribution >= 4 is 25.4 Å². The number of rotatable bonds is 6. The second kappa shape index (κ2) is 6.16. The molecule has 82 valence electrons. The predicted molar refractivity (Wildman–Crippen MR) is 48.8 cm³/mol. The van der Waals surface area contributed by atoms with Crippen LogP contribution in [-0.4, -0.2) is 34.3 Å². The van der Waals surface area contributed by atoms with Gasteiger partial charge in [0.05, 0.1) is 12.0 Å². The molecular formula is C6H10ClO6P. The third kappa shape index (κ3) is 8.22. The lowest BCUT2D eigenvalue weighted by molar-refractivity contribution is -0.137. The van der Waals surface area contributed by atoms with Gasteiger partial charge >= 0.3 is 13.8 Å². The Morgan fingerprint density at radius 3 is 2.57 bits per heavy atom. The molecule has 0 aromatic carbocycles. The van der Waals surface area contributed by atoms with Crippen molar-refractivity contribution in [2.24, 2.45) is 0 Å². The monoisotopic (exact) mass is 244 g/mol. The summed E-state index contributed by atoms with van der Waals surface area (Å²) in [5.74, 6) is -0.660. The third-order valence-electron chi connectivity index (χ3n) is 0.997. The van der Waals surface area contributed by atoms with Crippen LogP contribution in [0.25, 0.3) is 0 Å². The van der Waals surface area contributed by atoms with Gasteiger partial charge in [-0.1, -0.05) is 6.58 Å². The molecule has 0 aliphatic carbocycles. The van der Waals surface area contributed by atoms with Crippen LogP contribution in [0.3, 0.4) is 0 Å². The minimum atomic E-state index is -4.52. The summed E-state index contributed by atoms with van der Waals surface area (Å²) in [5, 5.41) is -0.813. The highest BCUT2D eigenvalue weighted by molar-refractivity contribution is 7.46. The highest BCUT2D eigenvalue weighted by atomic mass is 35.5. The largest absolute Gasteiger partial charge is 0.469 e. The van der Waals surface area contributed by atoms with E-state index in [4.69, 9.17) is 21.4 Å². The molecule has 0 aliphatic heterocycles. The van der Waals surface area contributed by atoms with Gasteiger partial charge in [0.25, 0.3) is 0 Å². The average molecular weight is 245 g/mol. The van der Waals surface area contributed by atoms with Crippen molar-refractivity contribution in [1.82, 2.24) is 0 Å². The lowest BCUT2D eigenvalue weighted by atomic mass is 10.5. The molecule has 8 heteroatoms. The molecule has 0 saturated carbocycles. The number of hydrogen-bond donors (Lipinski definition) is 2. The minimum Gasteiger partial charge on any atom is -0.461 e. The molecule has 1 atom stereocenters. The highest BCUT2D eigenvalue weighted by Crippen LogP contribution is 2.35. The van der Waals surface area contributed by atoms with Crippen LogP contribution >= 0.6 is 19.4 Å². The van der Waals surface area contributed by atoms with Crippen LogP contribution in [0.2, 0.25) is 0 Å². The van der Waals surface area contributed by atoms with Crippen LogP contribution in [0, 0.1) is 0 Å². The predicted octanol–water partition coefficient (Wildman–Crippen LogP) is 0.432. The molecule has 0 aromatic rings. The van der Waals surface area contributed by atoms with Crippen molar-refractivity contribution in [3.8, 4) is 0 Å². The van der Waals surface area contributed by atoms with Gasteiger partial charge < -0.3 is 14.5 Å². The minimum absolute atomic E-state index is 0.202.